The Bertz CT molecular complexity index is 399. The van der Waals surface area contributed by atoms with Crippen LogP contribution >= 0.6 is 0 Å². The summed E-state index contributed by atoms with van der Waals surface area (Å²) in [5, 5.41) is 3.26. The van der Waals surface area contributed by atoms with Gasteiger partial charge in [-0.15, -0.1) is 0 Å². The van der Waals surface area contributed by atoms with Crippen LogP contribution in [0.15, 0.2) is 30.3 Å². The van der Waals surface area contributed by atoms with Crippen LogP contribution in [0.1, 0.15) is 18.4 Å². The Morgan fingerprint density at radius 1 is 1.37 bits per heavy atom. The Balaban J connectivity index is 1.86. The summed E-state index contributed by atoms with van der Waals surface area (Å²) in [6.45, 7) is 1.62. The van der Waals surface area contributed by atoms with Gasteiger partial charge in [0.15, 0.2) is 0 Å². The van der Waals surface area contributed by atoms with Crippen molar-refractivity contribution in [1.29, 1.82) is 0 Å². The molecule has 19 heavy (non-hydrogen) atoms. The van der Waals surface area contributed by atoms with Crippen molar-refractivity contribution in [3.05, 3.63) is 35.9 Å². The zero-order chi connectivity index (χ0) is 13.7. The minimum absolute atomic E-state index is 0.0819. The molecule has 1 unspecified atom stereocenters. The summed E-state index contributed by atoms with van der Waals surface area (Å²) in [6, 6.07) is 10.1. The van der Waals surface area contributed by atoms with Gasteiger partial charge >= 0.3 is 0 Å². The number of hydrogen-bond acceptors (Lipinski definition) is 3. The van der Waals surface area contributed by atoms with Crippen LogP contribution in [-0.4, -0.2) is 43.0 Å². The van der Waals surface area contributed by atoms with Crippen LogP contribution in [0, 0.1) is 0 Å². The SMILES string of the molecule is CNC1CCN(C(=O)C(N)Cc2ccccc2)CC1. The third-order valence-electron chi connectivity index (χ3n) is 3.83. The van der Waals surface area contributed by atoms with E-state index >= 15 is 0 Å². The Morgan fingerprint density at radius 2 is 2.00 bits per heavy atom. The van der Waals surface area contributed by atoms with Gasteiger partial charge in [-0.05, 0) is 31.9 Å². The first-order chi connectivity index (χ1) is 9.20. The molecule has 1 amide bonds. The molecule has 1 heterocycles. The summed E-state index contributed by atoms with van der Waals surface area (Å²) in [4.78, 5) is 14.2. The molecule has 1 aliphatic rings. The average Bonchev–Trinajstić information content (AvgIpc) is 2.47. The molecule has 0 saturated carbocycles. The van der Waals surface area contributed by atoms with Gasteiger partial charge < -0.3 is 16.0 Å². The summed E-state index contributed by atoms with van der Waals surface area (Å²) in [5.41, 5.74) is 7.16. The van der Waals surface area contributed by atoms with Gasteiger partial charge in [-0.2, -0.15) is 0 Å². The summed E-state index contributed by atoms with van der Waals surface area (Å²) in [5.74, 6) is 0.0819. The summed E-state index contributed by atoms with van der Waals surface area (Å²) < 4.78 is 0. The molecule has 4 heteroatoms. The van der Waals surface area contributed by atoms with Gasteiger partial charge in [0.2, 0.25) is 5.91 Å². The fourth-order valence-electron chi connectivity index (χ4n) is 2.58. The lowest BCUT2D eigenvalue weighted by molar-refractivity contribution is -0.133. The number of amides is 1. The molecule has 0 aliphatic carbocycles. The first-order valence-electron chi connectivity index (χ1n) is 6.96. The van der Waals surface area contributed by atoms with E-state index in [4.69, 9.17) is 5.73 Å². The Morgan fingerprint density at radius 3 is 2.58 bits per heavy atom. The number of carbonyl (C=O) groups excluding carboxylic acids is 1. The molecule has 1 saturated heterocycles. The van der Waals surface area contributed by atoms with Gasteiger partial charge in [-0.25, -0.2) is 0 Å². The summed E-state index contributed by atoms with van der Waals surface area (Å²) >= 11 is 0. The van der Waals surface area contributed by atoms with Crippen molar-refractivity contribution in [3.63, 3.8) is 0 Å². The molecule has 1 atom stereocenters. The highest BCUT2D eigenvalue weighted by Gasteiger charge is 2.25. The van der Waals surface area contributed by atoms with Gasteiger partial charge in [0, 0.05) is 19.1 Å². The monoisotopic (exact) mass is 261 g/mol. The second-order valence-electron chi connectivity index (χ2n) is 5.18. The maximum Gasteiger partial charge on any atom is 0.239 e. The maximum atomic E-state index is 12.3. The molecule has 1 fully saturated rings. The third kappa shape index (κ3) is 3.78. The highest BCUT2D eigenvalue weighted by atomic mass is 16.2. The number of piperidine rings is 1. The normalized spacial score (nSPS) is 18.3. The van der Waals surface area contributed by atoms with Gasteiger partial charge in [-0.1, -0.05) is 30.3 Å². The fraction of sp³-hybridized carbons (Fsp3) is 0.533. The third-order valence-corrected chi connectivity index (χ3v) is 3.83. The Labute approximate surface area is 115 Å². The van der Waals surface area contributed by atoms with Crippen molar-refractivity contribution < 1.29 is 4.79 Å². The number of carbonyl (C=O) groups is 1. The second kappa shape index (κ2) is 6.68. The predicted molar refractivity (Wildman–Crippen MR) is 76.8 cm³/mol. The maximum absolute atomic E-state index is 12.3. The van der Waals surface area contributed by atoms with E-state index in [1.54, 1.807) is 0 Å². The highest BCUT2D eigenvalue weighted by Crippen LogP contribution is 2.12. The molecular formula is C15H23N3O. The molecule has 0 bridgehead atoms. The van der Waals surface area contributed by atoms with Crippen LogP contribution in [0.5, 0.6) is 0 Å². The molecule has 104 valence electrons. The quantitative estimate of drug-likeness (QED) is 0.841. The van der Waals surface area contributed by atoms with Crippen LogP contribution in [-0.2, 0) is 11.2 Å². The topological polar surface area (TPSA) is 58.4 Å². The van der Waals surface area contributed by atoms with Crippen LogP contribution in [0.4, 0.5) is 0 Å². The molecule has 0 spiro atoms. The van der Waals surface area contributed by atoms with Gasteiger partial charge in [0.25, 0.3) is 0 Å². The molecule has 1 aromatic rings. The summed E-state index contributed by atoms with van der Waals surface area (Å²) in [7, 11) is 1.98. The number of nitrogens with two attached hydrogens (primary N) is 1. The first-order valence-corrected chi connectivity index (χ1v) is 6.96. The molecular weight excluding hydrogens is 238 g/mol. The van der Waals surface area contributed by atoms with Gasteiger partial charge in [-0.3, -0.25) is 4.79 Å². The zero-order valence-electron chi connectivity index (χ0n) is 11.5. The van der Waals surface area contributed by atoms with Crippen molar-refractivity contribution in [1.82, 2.24) is 10.2 Å². The van der Waals surface area contributed by atoms with Crippen LogP contribution in [0.3, 0.4) is 0 Å². The lowest BCUT2D eigenvalue weighted by atomic mass is 10.0. The minimum Gasteiger partial charge on any atom is -0.341 e. The van der Waals surface area contributed by atoms with E-state index in [9.17, 15) is 4.79 Å². The van der Waals surface area contributed by atoms with Crippen LogP contribution in [0.25, 0.3) is 0 Å². The predicted octanol–water partition coefficient (Wildman–Crippen LogP) is 0.767. The second-order valence-corrected chi connectivity index (χ2v) is 5.18. The molecule has 1 aromatic carbocycles. The molecule has 1 aliphatic heterocycles. The van der Waals surface area contributed by atoms with Crippen molar-refractivity contribution in [2.75, 3.05) is 20.1 Å². The van der Waals surface area contributed by atoms with E-state index < -0.39 is 6.04 Å². The Hall–Kier alpha value is -1.39. The highest BCUT2D eigenvalue weighted by molar-refractivity contribution is 5.82. The lowest BCUT2D eigenvalue weighted by Gasteiger charge is -2.33. The standard InChI is InChI=1S/C15H23N3O/c1-17-13-7-9-18(10-8-13)15(19)14(16)11-12-5-3-2-4-6-12/h2-6,13-14,17H,7-11,16H2,1H3. The van der Waals surface area contributed by atoms with E-state index in [1.807, 2.05) is 42.3 Å². The zero-order valence-corrected chi connectivity index (χ0v) is 11.5. The lowest BCUT2D eigenvalue weighted by Crippen LogP contribution is -2.50. The van der Waals surface area contributed by atoms with E-state index in [-0.39, 0.29) is 5.91 Å². The van der Waals surface area contributed by atoms with Crippen LogP contribution < -0.4 is 11.1 Å². The molecule has 0 aromatic heterocycles. The van der Waals surface area contributed by atoms with E-state index in [0.717, 1.165) is 31.5 Å². The van der Waals surface area contributed by atoms with Gasteiger partial charge in [0.1, 0.15) is 0 Å². The van der Waals surface area contributed by atoms with Crippen molar-refractivity contribution >= 4 is 5.91 Å². The molecule has 2 rings (SSSR count). The van der Waals surface area contributed by atoms with Crippen molar-refractivity contribution in [2.24, 2.45) is 5.73 Å². The summed E-state index contributed by atoms with van der Waals surface area (Å²) in [6.07, 6.45) is 2.65. The van der Waals surface area contributed by atoms with Crippen LogP contribution in [0.2, 0.25) is 0 Å². The number of benzene rings is 1. The molecule has 4 nitrogen and oxygen atoms in total. The van der Waals surface area contributed by atoms with E-state index in [0.29, 0.717) is 12.5 Å². The smallest absolute Gasteiger partial charge is 0.239 e. The molecule has 3 N–H and O–H groups in total. The number of hydrogen-bond donors (Lipinski definition) is 2. The number of nitrogens with one attached hydrogen (secondary N) is 1. The number of rotatable bonds is 4. The van der Waals surface area contributed by atoms with Gasteiger partial charge in [0.05, 0.1) is 6.04 Å². The first kappa shape index (κ1) is 14.0. The van der Waals surface area contributed by atoms with Crippen molar-refractivity contribution in [3.8, 4) is 0 Å². The minimum atomic E-state index is -0.423. The number of nitrogens with zero attached hydrogens (tertiary/aromatic N) is 1. The number of likely N-dealkylation sites (tertiary alicyclic amines) is 1. The van der Waals surface area contributed by atoms with E-state index in [2.05, 4.69) is 5.32 Å². The average molecular weight is 261 g/mol. The van der Waals surface area contributed by atoms with Crippen molar-refractivity contribution in [2.45, 2.75) is 31.3 Å². The largest absolute Gasteiger partial charge is 0.341 e. The fourth-order valence-corrected chi connectivity index (χ4v) is 2.58. The Kier molecular flexibility index (Phi) is 4.93. The van der Waals surface area contributed by atoms with E-state index in [1.165, 1.54) is 0 Å². The molecule has 0 radical (unpaired) electrons.